The van der Waals surface area contributed by atoms with Crippen LogP contribution in [-0.2, 0) is 4.79 Å². The Labute approximate surface area is 107 Å². The fourth-order valence-electron chi connectivity index (χ4n) is 1.32. The average molecular weight is 252 g/mol. The van der Waals surface area contributed by atoms with Crippen LogP contribution in [0.4, 0.5) is 5.95 Å². The molecular formula is C12H20N4O2. The Kier molecular flexibility index (Phi) is 5.90. The highest BCUT2D eigenvalue weighted by Crippen LogP contribution is 2.11. The lowest BCUT2D eigenvalue weighted by Gasteiger charge is -2.08. The van der Waals surface area contributed by atoms with Gasteiger partial charge in [-0.05, 0) is 20.3 Å². The fourth-order valence-corrected chi connectivity index (χ4v) is 1.32. The van der Waals surface area contributed by atoms with E-state index in [1.165, 1.54) is 0 Å². The minimum absolute atomic E-state index is 0.0846. The first-order valence-electron chi connectivity index (χ1n) is 6.14. The van der Waals surface area contributed by atoms with Gasteiger partial charge in [-0.15, -0.1) is 0 Å². The van der Waals surface area contributed by atoms with Gasteiger partial charge in [-0.1, -0.05) is 6.92 Å². The molecule has 2 N–H and O–H groups in total. The normalized spacial score (nSPS) is 9.94. The minimum Gasteiger partial charge on any atom is -0.478 e. The number of carbonyl (C=O) groups excluding carboxylic acids is 1. The molecule has 0 bridgehead atoms. The summed E-state index contributed by atoms with van der Waals surface area (Å²) in [5.74, 6) is 0.855. The van der Waals surface area contributed by atoms with E-state index in [0.29, 0.717) is 25.0 Å². The predicted molar refractivity (Wildman–Crippen MR) is 69.7 cm³/mol. The average Bonchev–Trinajstić information content (AvgIpc) is 2.34. The molecule has 100 valence electrons. The Morgan fingerprint density at radius 3 is 2.83 bits per heavy atom. The number of nitrogens with one attached hydrogen (secondary N) is 2. The maximum Gasteiger partial charge on any atom is 0.239 e. The number of anilines is 1. The van der Waals surface area contributed by atoms with Crippen LogP contribution in [0.3, 0.4) is 0 Å². The van der Waals surface area contributed by atoms with Crippen molar-refractivity contribution in [2.45, 2.75) is 27.2 Å². The summed E-state index contributed by atoms with van der Waals surface area (Å²) in [5, 5.41) is 5.56. The molecule has 0 spiro atoms. The minimum atomic E-state index is -0.0846. The number of hydrogen-bond acceptors (Lipinski definition) is 5. The van der Waals surface area contributed by atoms with Crippen molar-refractivity contribution in [3.05, 3.63) is 11.8 Å². The third-order valence-electron chi connectivity index (χ3n) is 2.07. The Morgan fingerprint density at radius 2 is 2.17 bits per heavy atom. The van der Waals surface area contributed by atoms with Gasteiger partial charge in [0.25, 0.3) is 0 Å². The second kappa shape index (κ2) is 7.47. The number of carbonyl (C=O) groups is 1. The number of ether oxygens (including phenoxy) is 1. The molecule has 6 heteroatoms. The van der Waals surface area contributed by atoms with Crippen LogP contribution in [0.5, 0.6) is 5.88 Å². The molecular weight excluding hydrogens is 232 g/mol. The highest BCUT2D eigenvalue weighted by Gasteiger charge is 2.05. The SMILES string of the molecule is CCCOc1cc(C)nc(NCC(=O)NCC)n1. The Morgan fingerprint density at radius 1 is 1.39 bits per heavy atom. The zero-order chi connectivity index (χ0) is 13.4. The van der Waals surface area contributed by atoms with E-state index in [4.69, 9.17) is 4.74 Å². The molecule has 0 aliphatic rings. The zero-order valence-corrected chi connectivity index (χ0v) is 11.1. The van der Waals surface area contributed by atoms with Crippen LogP contribution < -0.4 is 15.4 Å². The van der Waals surface area contributed by atoms with Crippen molar-refractivity contribution >= 4 is 11.9 Å². The third kappa shape index (κ3) is 4.99. The molecule has 1 heterocycles. The topological polar surface area (TPSA) is 76.1 Å². The van der Waals surface area contributed by atoms with Gasteiger partial charge in [-0.25, -0.2) is 4.98 Å². The third-order valence-corrected chi connectivity index (χ3v) is 2.07. The molecule has 6 nitrogen and oxygen atoms in total. The van der Waals surface area contributed by atoms with Crippen LogP contribution in [0.15, 0.2) is 6.07 Å². The molecule has 0 aliphatic heterocycles. The first-order valence-corrected chi connectivity index (χ1v) is 6.14. The number of hydrogen-bond donors (Lipinski definition) is 2. The molecule has 18 heavy (non-hydrogen) atoms. The monoisotopic (exact) mass is 252 g/mol. The number of rotatable bonds is 7. The van der Waals surface area contributed by atoms with Crippen LogP contribution in [0.25, 0.3) is 0 Å². The first kappa shape index (κ1) is 14.2. The van der Waals surface area contributed by atoms with E-state index in [2.05, 4.69) is 20.6 Å². The van der Waals surface area contributed by atoms with Crippen molar-refractivity contribution in [1.82, 2.24) is 15.3 Å². The summed E-state index contributed by atoms with van der Waals surface area (Å²) in [5.41, 5.74) is 0.800. The molecule has 1 rings (SSSR count). The van der Waals surface area contributed by atoms with Gasteiger partial charge >= 0.3 is 0 Å². The van der Waals surface area contributed by atoms with Gasteiger partial charge in [0.05, 0.1) is 13.2 Å². The van der Waals surface area contributed by atoms with Gasteiger partial charge < -0.3 is 15.4 Å². The standard InChI is InChI=1S/C12H20N4O2/c1-4-6-18-11-7-9(3)15-12(16-11)14-8-10(17)13-5-2/h7H,4-6,8H2,1-3H3,(H,13,17)(H,14,15,16). The summed E-state index contributed by atoms with van der Waals surface area (Å²) in [6, 6.07) is 1.77. The molecule has 0 radical (unpaired) electrons. The van der Waals surface area contributed by atoms with Gasteiger partial charge in [0.2, 0.25) is 17.7 Å². The van der Waals surface area contributed by atoms with E-state index in [1.54, 1.807) is 6.07 Å². The quantitative estimate of drug-likeness (QED) is 0.760. The molecule has 1 aromatic heterocycles. The van der Waals surface area contributed by atoms with E-state index in [-0.39, 0.29) is 12.5 Å². The summed E-state index contributed by atoms with van der Waals surface area (Å²) in [6.07, 6.45) is 0.921. The van der Waals surface area contributed by atoms with Crippen LogP contribution in [0, 0.1) is 6.92 Å². The molecule has 1 aromatic rings. The molecule has 0 aromatic carbocycles. The Hall–Kier alpha value is -1.85. The highest BCUT2D eigenvalue weighted by molar-refractivity contribution is 5.80. The molecule has 0 unspecified atom stereocenters. The van der Waals surface area contributed by atoms with Crippen LogP contribution in [0.2, 0.25) is 0 Å². The summed E-state index contributed by atoms with van der Waals surface area (Å²) in [6.45, 7) is 7.15. The number of aromatic nitrogens is 2. The van der Waals surface area contributed by atoms with Crippen molar-refractivity contribution in [2.24, 2.45) is 0 Å². The van der Waals surface area contributed by atoms with Gasteiger partial charge in [-0.3, -0.25) is 4.79 Å². The van der Waals surface area contributed by atoms with Crippen LogP contribution in [0.1, 0.15) is 26.0 Å². The highest BCUT2D eigenvalue weighted by atomic mass is 16.5. The van der Waals surface area contributed by atoms with Gasteiger partial charge in [0.15, 0.2) is 0 Å². The molecule has 0 atom stereocenters. The van der Waals surface area contributed by atoms with Gasteiger partial charge in [-0.2, -0.15) is 4.98 Å². The molecule has 1 amide bonds. The predicted octanol–water partition coefficient (Wildman–Crippen LogP) is 1.12. The van der Waals surface area contributed by atoms with Gasteiger partial charge in [0.1, 0.15) is 0 Å². The first-order chi connectivity index (χ1) is 8.65. The maximum absolute atomic E-state index is 11.3. The molecule has 0 saturated heterocycles. The second-order valence-electron chi connectivity index (χ2n) is 3.83. The fraction of sp³-hybridized carbons (Fsp3) is 0.583. The van der Waals surface area contributed by atoms with E-state index in [1.807, 2.05) is 20.8 Å². The number of likely N-dealkylation sites (N-methyl/N-ethyl adjacent to an activating group) is 1. The second-order valence-corrected chi connectivity index (χ2v) is 3.83. The van der Waals surface area contributed by atoms with Crippen molar-refractivity contribution in [1.29, 1.82) is 0 Å². The Bertz CT molecular complexity index is 396. The van der Waals surface area contributed by atoms with E-state index in [9.17, 15) is 4.79 Å². The van der Waals surface area contributed by atoms with Crippen molar-refractivity contribution in [3.63, 3.8) is 0 Å². The van der Waals surface area contributed by atoms with E-state index in [0.717, 1.165) is 12.1 Å². The van der Waals surface area contributed by atoms with Crippen LogP contribution in [-0.4, -0.2) is 35.6 Å². The largest absolute Gasteiger partial charge is 0.478 e. The molecule has 0 aliphatic carbocycles. The molecule has 0 fully saturated rings. The van der Waals surface area contributed by atoms with Crippen LogP contribution >= 0.6 is 0 Å². The van der Waals surface area contributed by atoms with E-state index < -0.39 is 0 Å². The summed E-state index contributed by atoms with van der Waals surface area (Å²) >= 11 is 0. The zero-order valence-electron chi connectivity index (χ0n) is 11.1. The number of amides is 1. The number of aryl methyl sites for hydroxylation is 1. The number of nitrogens with zero attached hydrogens (tertiary/aromatic N) is 2. The van der Waals surface area contributed by atoms with Gasteiger partial charge in [0, 0.05) is 18.3 Å². The summed E-state index contributed by atoms with van der Waals surface area (Å²) < 4.78 is 5.44. The van der Waals surface area contributed by atoms with Crippen molar-refractivity contribution in [2.75, 3.05) is 25.0 Å². The lowest BCUT2D eigenvalue weighted by Crippen LogP contribution is -2.29. The maximum atomic E-state index is 11.3. The summed E-state index contributed by atoms with van der Waals surface area (Å²) in [7, 11) is 0. The Balaban J connectivity index is 2.59. The van der Waals surface area contributed by atoms with Crippen molar-refractivity contribution in [3.8, 4) is 5.88 Å². The molecule has 0 saturated carbocycles. The summed E-state index contributed by atoms with van der Waals surface area (Å²) in [4.78, 5) is 19.7. The lowest BCUT2D eigenvalue weighted by molar-refractivity contribution is -0.119. The smallest absolute Gasteiger partial charge is 0.239 e. The lowest BCUT2D eigenvalue weighted by atomic mass is 10.4. The van der Waals surface area contributed by atoms with E-state index >= 15 is 0 Å². The van der Waals surface area contributed by atoms with Crippen molar-refractivity contribution < 1.29 is 9.53 Å².